The summed E-state index contributed by atoms with van der Waals surface area (Å²) >= 11 is 0. The standard InChI is InChI=1S/C19H19F3N2O4S/c1-12-5-3-4-6-16(12)24(29(2,27)28)11-14-8-7-13(9-15(14)20)17(25)10-23-19(26)18(21)22/h3-9,18H,10-11H2,1-2H3,(H,23,26). The lowest BCUT2D eigenvalue weighted by molar-refractivity contribution is -0.131. The zero-order valence-corrected chi connectivity index (χ0v) is 16.5. The van der Waals surface area contributed by atoms with Crippen molar-refractivity contribution in [1.29, 1.82) is 0 Å². The molecule has 0 unspecified atom stereocenters. The van der Waals surface area contributed by atoms with Crippen LogP contribution in [0.25, 0.3) is 0 Å². The predicted octanol–water partition coefficient (Wildman–Crippen LogP) is 2.66. The van der Waals surface area contributed by atoms with Crippen molar-refractivity contribution in [3.8, 4) is 0 Å². The van der Waals surface area contributed by atoms with Crippen molar-refractivity contribution < 1.29 is 31.2 Å². The van der Waals surface area contributed by atoms with E-state index >= 15 is 0 Å². The smallest absolute Gasteiger partial charge is 0.315 e. The van der Waals surface area contributed by atoms with Gasteiger partial charge in [0.1, 0.15) is 5.82 Å². The topological polar surface area (TPSA) is 83.6 Å². The summed E-state index contributed by atoms with van der Waals surface area (Å²) < 4.78 is 64.3. The number of nitrogens with one attached hydrogen (secondary N) is 1. The third kappa shape index (κ3) is 5.80. The highest BCUT2D eigenvalue weighted by Gasteiger charge is 2.22. The third-order valence-electron chi connectivity index (χ3n) is 4.09. The highest BCUT2D eigenvalue weighted by molar-refractivity contribution is 7.92. The van der Waals surface area contributed by atoms with E-state index in [9.17, 15) is 31.2 Å². The van der Waals surface area contributed by atoms with Gasteiger partial charge in [-0.25, -0.2) is 12.8 Å². The number of hydrogen-bond donors (Lipinski definition) is 1. The second-order valence-corrected chi connectivity index (χ2v) is 8.21. The van der Waals surface area contributed by atoms with Crippen molar-refractivity contribution in [2.24, 2.45) is 0 Å². The van der Waals surface area contributed by atoms with Crippen LogP contribution < -0.4 is 9.62 Å². The number of anilines is 1. The minimum Gasteiger partial charge on any atom is -0.344 e. The molecule has 10 heteroatoms. The Hall–Kier alpha value is -2.88. The molecule has 1 N–H and O–H groups in total. The molecule has 0 spiro atoms. The highest BCUT2D eigenvalue weighted by Crippen LogP contribution is 2.25. The molecule has 0 aliphatic carbocycles. The Morgan fingerprint density at radius 1 is 1.14 bits per heavy atom. The predicted molar refractivity (Wildman–Crippen MR) is 102 cm³/mol. The first-order valence-corrected chi connectivity index (χ1v) is 10.3. The first-order valence-electron chi connectivity index (χ1n) is 8.41. The fraction of sp³-hybridized carbons (Fsp3) is 0.263. The van der Waals surface area contributed by atoms with Crippen LogP contribution in [0.3, 0.4) is 0 Å². The molecule has 2 aromatic carbocycles. The molecule has 0 aromatic heterocycles. The van der Waals surface area contributed by atoms with E-state index in [0.717, 1.165) is 16.6 Å². The van der Waals surface area contributed by atoms with Gasteiger partial charge in [0.25, 0.3) is 5.91 Å². The number of rotatable bonds is 8. The molecular formula is C19H19F3N2O4S. The van der Waals surface area contributed by atoms with E-state index in [1.807, 2.05) is 0 Å². The van der Waals surface area contributed by atoms with Gasteiger partial charge in [0.15, 0.2) is 5.78 Å². The lowest BCUT2D eigenvalue weighted by Crippen LogP contribution is -2.34. The normalized spacial score (nSPS) is 11.4. The molecule has 0 aliphatic heterocycles. The van der Waals surface area contributed by atoms with Gasteiger partial charge in [0.2, 0.25) is 10.0 Å². The second kappa shape index (κ2) is 9.08. The Labute approximate surface area is 166 Å². The molecule has 156 valence electrons. The summed E-state index contributed by atoms with van der Waals surface area (Å²) in [5, 5.41) is 1.75. The summed E-state index contributed by atoms with van der Waals surface area (Å²) in [6.45, 7) is 0.714. The lowest BCUT2D eigenvalue weighted by Gasteiger charge is -2.24. The number of sulfonamides is 1. The number of aryl methyl sites for hydroxylation is 1. The number of carbonyl (C=O) groups excluding carboxylic acids is 2. The minimum absolute atomic E-state index is 0.0202. The first-order chi connectivity index (χ1) is 13.5. The Bertz CT molecular complexity index is 1030. The molecule has 1 amide bonds. The van der Waals surface area contributed by atoms with Crippen LogP contribution in [0.15, 0.2) is 42.5 Å². The fourth-order valence-electron chi connectivity index (χ4n) is 2.57. The van der Waals surface area contributed by atoms with Crippen LogP contribution in [0.4, 0.5) is 18.9 Å². The maximum atomic E-state index is 14.5. The van der Waals surface area contributed by atoms with Crippen LogP contribution >= 0.6 is 0 Å². The third-order valence-corrected chi connectivity index (χ3v) is 5.22. The SMILES string of the molecule is Cc1ccccc1N(Cc1ccc(C(=O)CNC(=O)C(F)F)cc1F)S(C)(=O)=O. The van der Waals surface area contributed by atoms with Crippen LogP contribution in [0, 0.1) is 12.7 Å². The molecule has 0 atom stereocenters. The Morgan fingerprint density at radius 2 is 1.79 bits per heavy atom. The molecule has 2 rings (SSSR count). The molecule has 2 aromatic rings. The van der Waals surface area contributed by atoms with Gasteiger partial charge < -0.3 is 5.32 Å². The maximum Gasteiger partial charge on any atom is 0.315 e. The van der Waals surface area contributed by atoms with Gasteiger partial charge in [0.05, 0.1) is 25.0 Å². The molecule has 0 heterocycles. The fourth-order valence-corrected chi connectivity index (χ4v) is 3.51. The van der Waals surface area contributed by atoms with Gasteiger partial charge in [-0.1, -0.05) is 30.3 Å². The Balaban J connectivity index is 2.24. The lowest BCUT2D eigenvalue weighted by atomic mass is 10.1. The van der Waals surface area contributed by atoms with Crippen LogP contribution in [0.2, 0.25) is 0 Å². The van der Waals surface area contributed by atoms with E-state index < -0.39 is 40.5 Å². The number of carbonyl (C=O) groups is 2. The number of amides is 1. The number of Topliss-reactive ketones (excluding diaryl/α,β-unsaturated/α-hetero) is 1. The molecule has 0 saturated carbocycles. The van der Waals surface area contributed by atoms with E-state index in [4.69, 9.17) is 0 Å². The van der Waals surface area contributed by atoms with Crippen molar-refractivity contribution in [3.05, 3.63) is 65.0 Å². The zero-order valence-electron chi connectivity index (χ0n) is 15.7. The average Bonchev–Trinajstić information content (AvgIpc) is 2.64. The summed E-state index contributed by atoms with van der Waals surface area (Å²) in [6, 6.07) is 10.1. The van der Waals surface area contributed by atoms with Crippen LogP contribution in [0.1, 0.15) is 21.5 Å². The number of nitrogens with zero attached hydrogens (tertiary/aromatic N) is 1. The molecule has 0 fully saturated rings. The number of hydrogen-bond acceptors (Lipinski definition) is 4. The maximum absolute atomic E-state index is 14.5. The number of benzene rings is 2. The van der Waals surface area contributed by atoms with Crippen molar-refractivity contribution in [2.75, 3.05) is 17.1 Å². The van der Waals surface area contributed by atoms with Crippen molar-refractivity contribution in [2.45, 2.75) is 19.9 Å². The summed E-state index contributed by atoms with van der Waals surface area (Å²) in [5.41, 5.74) is 0.957. The Morgan fingerprint density at radius 3 is 2.34 bits per heavy atom. The minimum atomic E-state index is -3.73. The van der Waals surface area contributed by atoms with Crippen LogP contribution in [-0.2, 0) is 21.4 Å². The average molecular weight is 428 g/mol. The van der Waals surface area contributed by atoms with Crippen molar-refractivity contribution in [1.82, 2.24) is 5.32 Å². The van der Waals surface area contributed by atoms with Crippen LogP contribution in [-0.4, -0.2) is 39.3 Å². The van der Waals surface area contributed by atoms with Crippen molar-refractivity contribution >= 4 is 27.4 Å². The van der Waals surface area contributed by atoms with Gasteiger partial charge in [-0.2, -0.15) is 8.78 Å². The van der Waals surface area contributed by atoms with E-state index in [-0.39, 0.29) is 17.7 Å². The second-order valence-electron chi connectivity index (χ2n) is 6.30. The van der Waals surface area contributed by atoms with Gasteiger partial charge >= 0.3 is 6.43 Å². The van der Waals surface area contributed by atoms with E-state index in [1.165, 1.54) is 12.1 Å². The number of halogens is 3. The van der Waals surface area contributed by atoms with E-state index in [1.54, 1.807) is 36.5 Å². The van der Waals surface area contributed by atoms with Gasteiger partial charge in [-0.05, 0) is 24.6 Å². The van der Waals surface area contributed by atoms with Crippen molar-refractivity contribution in [3.63, 3.8) is 0 Å². The zero-order chi connectivity index (χ0) is 21.8. The van der Waals surface area contributed by atoms with E-state index in [0.29, 0.717) is 11.3 Å². The molecular weight excluding hydrogens is 409 g/mol. The Kier molecular flexibility index (Phi) is 7.02. The molecule has 0 bridgehead atoms. The van der Waals surface area contributed by atoms with Gasteiger partial charge in [-0.15, -0.1) is 0 Å². The summed E-state index contributed by atoms with van der Waals surface area (Å²) in [4.78, 5) is 22.8. The van der Waals surface area contributed by atoms with Crippen LogP contribution in [0.5, 0.6) is 0 Å². The van der Waals surface area contributed by atoms with E-state index in [2.05, 4.69) is 0 Å². The summed E-state index contributed by atoms with van der Waals surface area (Å²) in [6.07, 6.45) is -2.26. The summed E-state index contributed by atoms with van der Waals surface area (Å²) in [7, 11) is -3.73. The molecule has 0 saturated heterocycles. The monoisotopic (exact) mass is 428 g/mol. The largest absolute Gasteiger partial charge is 0.344 e. The molecule has 0 radical (unpaired) electrons. The number of ketones is 1. The first kappa shape index (κ1) is 22.4. The molecule has 29 heavy (non-hydrogen) atoms. The molecule has 6 nitrogen and oxygen atoms in total. The van der Waals surface area contributed by atoms with Gasteiger partial charge in [-0.3, -0.25) is 13.9 Å². The number of para-hydroxylation sites is 1. The summed E-state index contributed by atoms with van der Waals surface area (Å²) in [5.74, 6) is -3.20. The van der Waals surface area contributed by atoms with Gasteiger partial charge in [0, 0.05) is 11.1 Å². The highest BCUT2D eigenvalue weighted by atomic mass is 32.2. The number of alkyl halides is 2. The quantitative estimate of drug-likeness (QED) is 0.656. The molecule has 0 aliphatic rings.